The number of carbonyl (C=O) groups excluding carboxylic acids is 3. The topological polar surface area (TPSA) is 104 Å². The number of ketones is 2. The third-order valence-electron chi connectivity index (χ3n) is 5.42. The molecule has 0 saturated carbocycles. The quantitative estimate of drug-likeness (QED) is 0.504. The van der Waals surface area contributed by atoms with Crippen LogP contribution in [0.25, 0.3) is 0 Å². The van der Waals surface area contributed by atoms with Gasteiger partial charge in [0.2, 0.25) is 11.6 Å². The predicted octanol–water partition coefficient (Wildman–Crippen LogP) is 1.65. The van der Waals surface area contributed by atoms with Gasteiger partial charge in [-0.05, 0) is 23.8 Å². The van der Waals surface area contributed by atoms with E-state index in [1.165, 1.54) is 18.5 Å². The highest BCUT2D eigenvalue weighted by molar-refractivity contribution is 7.16. The Balaban J connectivity index is 1.28. The lowest BCUT2D eigenvalue weighted by Crippen LogP contribution is -2.43. The molecule has 3 aromatic rings. The molecule has 1 aromatic carbocycles. The standard InChI is InChI=1S/C22H19N5O3S/c28-18-16-12-24-6-5-15(16)19(29)20-17(18)26-22(31-20)21(30)25-11-13-1-3-14(4-2-13)27-9-7-23-8-10-27/h1-6,12,23H,7-11H2,(H,25,30). The number of anilines is 1. The normalized spacial score (nSPS) is 15.4. The maximum atomic E-state index is 12.7. The van der Waals surface area contributed by atoms with Crippen molar-refractivity contribution in [2.45, 2.75) is 6.54 Å². The Morgan fingerprint density at radius 1 is 1.06 bits per heavy atom. The molecule has 0 spiro atoms. The average molecular weight is 433 g/mol. The molecule has 5 rings (SSSR count). The summed E-state index contributed by atoms with van der Waals surface area (Å²) in [7, 11) is 0. The van der Waals surface area contributed by atoms with Gasteiger partial charge in [-0.3, -0.25) is 19.4 Å². The van der Waals surface area contributed by atoms with Crippen molar-refractivity contribution in [1.29, 1.82) is 0 Å². The zero-order valence-electron chi connectivity index (χ0n) is 16.6. The molecule has 1 saturated heterocycles. The first kappa shape index (κ1) is 19.5. The number of rotatable bonds is 4. The number of thiazole rings is 1. The van der Waals surface area contributed by atoms with E-state index < -0.39 is 5.91 Å². The number of piperazine rings is 1. The molecule has 3 heterocycles. The number of nitrogens with one attached hydrogen (secondary N) is 2. The van der Waals surface area contributed by atoms with E-state index in [2.05, 4.69) is 37.6 Å². The minimum atomic E-state index is -0.409. The highest BCUT2D eigenvalue weighted by atomic mass is 32.1. The number of hydrogen-bond acceptors (Lipinski definition) is 8. The summed E-state index contributed by atoms with van der Waals surface area (Å²) >= 11 is 0.949. The summed E-state index contributed by atoms with van der Waals surface area (Å²) in [5.41, 5.74) is 2.67. The molecule has 2 N–H and O–H groups in total. The molecule has 8 nitrogen and oxygen atoms in total. The summed E-state index contributed by atoms with van der Waals surface area (Å²) in [6, 6.07) is 9.60. The Kier molecular flexibility index (Phi) is 5.05. The molecule has 0 atom stereocenters. The monoisotopic (exact) mass is 433 g/mol. The molecule has 2 aliphatic rings. The summed E-state index contributed by atoms with van der Waals surface area (Å²) in [4.78, 5) is 48.5. The van der Waals surface area contributed by atoms with Crippen LogP contribution < -0.4 is 15.5 Å². The van der Waals surface area contributed by atoms with Crippen LogP contribution in [-0.4, -0.2) is 53.6 Å². The maximum absolute atomic E-state index is 12.7. The lowest BCUT2D eigenvalue weighted by atomic mass is 9.93. The number of nitrogens with zero attached hydrogens (tertiary/aromatic N) is 3. The van der Waals surface area contributed by atoms with Crippen LogP contribution in [-0.2, 0) is 6.54 Å². The Bertz CT molecular complexity index is 1130. The van der Waals surface area contributed by atoms with Gasteiger partial charge in [-0.2, -0.15) is 0 Å². The molecule has 1 fully saturated rings. The zero-order chi connectivity index (χ0) is 21.4. The van der Waals surface area contributed by atoms with Crippen LogP contribution in [0.15, 0.2) is 42.7 Å². The summed E-state index contributed by atoms with van der Waals surface area (Å²) in [6.07, 6.45) is 2.83. The SMILES string of the molecule is O=C(NCc1ccc(N2CCNCC2)cc1)c1nc2c(s1)C(=O)c1ccncc1C2=O. The van der Waals surface area contributed by atoms with Crippen LogP contribution in [0.5, 0.6) is 0 Å². The fourth-order valence-corrected chi connectivity index (χ4v) is 4.69. The van der Waals surface area contributed by atoms with Crippen LogP contribution in [0.1, 0.15) is 46.7 Å². The fraction of sp³-hybridized carbons (Fsp3) is 0.227. The van der Waals surface area contributed by atoms with Crippen molar-refractivity contribution in [3.8, 4) is 0 Å². The van der Waals surface area contributed by atoms with Gasteiger partial charge in [0.15, 0.2) is 5.01 Å². The Morgan fingerprint density at radius 2 is 1.84 bits per heavy atom. The molecule has 156 valence electrons. The molecule has 31 heavy (non-hydrogen) atoms. The molecule has 0 radical (unpaired) electrons. The van der Waals surface area contributed by atoms with Crippen molar-refractivity contribution in [2.75, 3.05) is 31.1 Å². The molecule has 0 bridgehead atoms. The first-order valence-electron chi connectivity index (χ1n) is 9.99. The summed E-state index contributed by atoms with van der Waals surface area (Å²) in [5, 5.41) is 6.26. The summed E-state index contributed by atoms with van der Waals surface area (Å²) < 4.78 is 0. The maximum Gasteiger partial charge on any atom is 0.280 e. The number of aromatic nitrogens is 2. The van der Waals surface area contributed by atoms with Crippen molar-refractivity contribution < 1.29 is 14.4 Å². The van der Waals surface area contributed by atoms with Crippen LogP contribution in [0.2, 0.25) is 0 Å². The van der Waals surface area contributed by atoms with Gasteiger partial charge >= 0.3 is 0 Å². The van der Waals surface area contributed by atoms with Gasteiger partial charge < -0.3 is 15.5 Å². The van der Waals surface area contributed by atoms with Crippen molar-refractivity contribution in [3.05, 3.63) is 75.0 Å². The predicted molar refractivity (Wildman–Crippen MR) is 116 cm³/mol. The minimum absolute atomic E-state index is 0.0287. The van der Waals surface area contributed by atoms with E-state index in [0.717, 1.165) is 48.8 Å². The Labute approximate surface area is 182 Å². The molecular formula is C22H19N5O3S. The van der Waals surface area contributed by atoms with Crippen LogP contribution in [0.4, 0.5) is 5.69 Å². The Hall–Kier alpha value is -3.43. The van der Waals surface area contributed by atoms with Crippen LogP contribution in [0, 0.1) is 0 Å². The lowest BCUT2D eigenvalue weighted by molar-refractivity contribution is 0.0949. The second-order valence-corrected chi connectivity index (χ2v) is 8.36. The number of carbonyl (C=O) groups is 3. The average Bonchev–Trinajstić information content (AvgIpc) is 3.28. The van der Waals surface area contributed by atoms with E-state index in [0.29, 0.717) is 12.1 Å². The molecule has 9 heteroatoms. The van der Waals surface area contributed by atoms with Crippen molar-refractivity contribution in [1.82, 2.24) is 20.6 Å². The van der Waals surface area contributed by atoms with Gasteiger partial charge in [-0.25, -0.2) is 4.98 Å². The number of fused-ring (bicyclic) bond motifs is 2. The number of pyridine rings is 1. The third-order valence-corrected chi connectivity index (χ3v) is 6.48. The number of benzene rings is 1. The molecule has 1 amide bonds. The van der Waals surface area contributed by atoms with E-state index in [1.54, 1.807) is 0 Å². The second kappa shape index (κ2) is 8.01. The van der Waals surface area contributed by atoms with Crippen LogP contribution in [0.3, 0.4) is 0 Å². The molecule has 0 unspecified atom stereocenters. The summed E-state index contributed by atoms with van der Waals surface area (Å²) in [5.74, 6) is -1.09. The largest absolute Gasteiger partial charge is 0.369 e. The first-order chi connectivity index (χ1) is 15.1. The first-order valence-corrected chi connectivity index (χ1v) is 10.8. The highest BCUT2D eigenvalue weighted by Crippen LogP contribution is 2.30. The smallest absolute Gasteiger partial charge is 0.280 e. The molecule has 2 aromatic heterocycles. The number of hydrogen-bond donors (Lipinski definition) is 2. The van der Waals surface area contributed by atoms with Crippen molar-refractivity contribution in [2.24, 2.45) is 0 Å². The summed E-state index contributed by atoms with van der Waals surface area (Å²) in [6.45, 7) is 4.23. The van der Waals surface area contributed by atoms with E-state index in [-0.39, 0.29) is 32.7 Å². The molecule has 1 aliphatic carbocycles. The van der Waals surface area contributed by atoms with Gasteiger partial charge in [0.05, 0.1) is 5.56 Å². The fourth-order valence-electron chi connectivity index (χ4n) is 3.75. The second-order valence-electron chi connectivity index (χ2n) is 7.36. The molecule has 1 aliphatic heterocycles. The van der Waals surface area contributed by atoms with E-state index in [4.69, 9.17) is 0 Å². The third kappa shape index (κ3) is 3.62. The van der Waals surface area contributed by atoms with E-state index in [9.17, 15) is 14.4 Å². The van der Waals surface area contributed by atoms with Gasteiger partial charge in [-0.15, -0.1) is 11.3 Å². The van der Waals surface area contributed by atoms with Gasteiger partial charge in [0.1, 0.15) is 10.6 Å². The zero-order valence-corrected chi connectivity index (χ0v) is 17.4. The number of amides is 1. The van der Waals surface area contributed by atoms with Gasteiger partial charge in [-0.1, -0.05) is 12.1 Å². The minimum Gasteiger partial charge on any atom is -0.369 e. The van der Waals surface area contributed by atoms with E-state index in [1.807, 2.05) is 12.1 Å². The van der Waals surface area contributed by atoms with Crippen molar-refractivity contribution >= 4 is 34.5 Å². The van der Waals surface area contributed by atoms with Gasteiger partial charge in [0.25, 0.3) is 5.91 Å². The lowest BCUT2D eigenvalue weighted by Gasteiger charge is -2.29. The highest BCUT2D eigenvalue weighted by Gasteiger charge is 2.34. The van der Waals surface area contributed by atoms with Crippen LogP contribution >= 0.6 is 11.3 Å². The van der Waals surface area contributed by atoms with E-state index >= 15 is 0 Å². The Morgan fingerprint density at radius 3 is 2.61 bits per heavy atom. The van der Waals surface area contributed by atoms with Crippen molar-refractivity contribution in [3.63, 3.8) is 0 Å². The van der Waals surface area contributed by atoms with Gasteiger partial charge in [0, 0.05) is 56.4 Å². The molecular weight excluding hydrogens is 414 g/mol.